The largest absolute Gasteiger partial charge is 0.467 e. The predicted molar refractivity (Wildman–Crippen MR) is 123 cm³/mol. The second kappa shape index (κ2) is 8.71. The molecule has 2 saturated heterocycles. The number of hydrogen-bond donors (Lipinski definition) is 2. The lowest BCUT2D eigenvalue weighted by Gasteiger charge is -2.34. The van der Waals surface area contributed by atoms with Crippen molar-refractivity contribution in [2.75, 3.05) is 38.2 Å². The van der Waals surface area contributed by atoms with Crippen LogP contribution in [0.5, 0.6) is 6.01 Å². The molecule has 2 aromatic heterocycles. The first-order valence-electron chi connectivity index (χ1n) is 11.3. The summed E-state index contributed by atoms with van der Waals surface area (Å²) in [6.07, 6.45) is 0.0354. The molecule has 1 amide bonds. The topological polar surface area (TPSA) is 117 Å². The van der Waals surface area contributed by atoms with Crippen LogP contribution in [0.25, 0.3) is 16.7 Å². The highest BCUT2D eigenvalue weighted by molar-refractivity contribution is 5.82. The van der Waals surface area contributed by atoms with Crippen molar-refractivity contribution >= 4 is 22.8 Å². The van der Waals surface area contributed by atoms with E-state index in [1.165, 1.54) is 7.11 Å². The van der Waals surface area contributed by atoms with Gasteiger partial charge in [-0.1, -0.05) is 0 Å². The number of anilines is 1. The molecule has 3 unspecified atom stereocenters. The number of aliphatic hydroxyl groups is 1. The number of hydrogen-bond acceptors (Lipinski definition) is 7. The van der Waals surface area contributed by atoms with Crippen molar-refractivity contribution in [3.8, 4) is 11.8 Å². The number of carbonyl (C=O) groups is 1. The van der Waals surface area contributed by atoms with Gasteiger partial charge in [0.05, 0.1) is 31.5 Å². The molecule has 0 aliphatic carbocycles. The summed E-state index contributed by atoms with van der Waals surface area (Å²) in [5.74, 6) is 0.745. The van der Waals surface area contributed by atoms with E-state index in [2.05, 4.69) is 15.1 Å². The van der Waals surface area contributed by atoms with Gasteiger partial charge in [-0.3, -0.25) is 0 Å². The van der Waals surface area contributed by atoms with Crippen LogP contribution in [0.4, 0.5) is 15.0 Å². The van der Waals surface area contributed by atoms with Gasteiger partial charge in [-0.25, -0.2) is 13.9 Å². The summed E-state index contributed by atoms with van der Waals surface area (Å²) in [7, 11) is 1.50. The summed E-state index contributed by atoms with van der Waals surface area (Å²) in [6.45, 7) is 3.26. The fraction of sp³-hybridized carbons (Fsp3) is 0.478. The number of β-amino-alcohol motifs (C(OH)–C–C–N with tert-alkyl or cyclic N) is 1. The summed E-state index contributed by atoms with van der Waals surface area (Å²) in [4.78, 5) is 23.3. The van der Waals surface area contributed by atoms with Gasteiger partial charge in [-0.15, -0.1) is 0 Å². The second-order valence-electron chi connectivity index (χ2n) is 8.92. The molecule has 2 aliphatic rings. The summed E-state index contributed by atoms with van der Waals surface area (Å²) in [6, 6.07) is 5.89. The highest BCUT2D eigenvalue weighted by Crippen LogP contribution is 2.35. The highest BCUT2D eigenvalue weighted by atomic mass is 19.1. The van der Waals surface area contributed by atoms with Crippen molar-refractivity contribution in [2.24, 2.45) is 0 Å². The van der Waals surface area contributed by atoms with Gasteiger partial charge in [0, 0.05) is 37.0 Å². The zero-order valence-corrected chi connectivity index (χ0v) is 19.1. The minimum absolute atomic E-state index is 0.134. The fourth-order valence-electron chi connectivity index (χ4n) is 4.93. The molecular formula is C23H27FN6O4. The number of halogens is 1. The maximum Gasteiger partial charge on any atom is 0.407 e. The van der Waals surface area contributed by atoms with Crippen molar-refractivity contribution in [1.82, 2.24) is 24.6 Å². The van der Waals surface area contributed by atoms with Gasteiger partial charge in [0.1, 0.15) is 12.0 Å². The molecule has 0 bridgehead atoms. The number of ether oxygens (including phenoxy) is 1. The van der Waals surface area contributed by atoms with E-state index in [0.717, 1.165) is 26.9 Å². The number of benzene rings is 1. The number of amides is 1. The molecule has 2 N–H and O–H groups in total. The third-order valence-electron chi connectivity index (χ3n) is 6.73. The number of likely N-dealkylation sites (tertiary alicyclic amines) is 1. The van der Waals surface area contributed by atoms with E-state index in [4.69, 9.17) is 4.74 Å². The van der Waals surface area contributed by atoms with Crippen molar-refractivity contribution in [2.45, 2.75) is 38.0 Å². The van der Waals surface area contributed by atoms with Crippen LogP contribution in [0.1, 0.15) is 29.9 Å². The van der Waals surface area contributed by atoms with Crippen LogP contribution < -0.4 is 9.64 Å². The molecule has 5 rings (SSSR count). The minimum atomic E-state index is -1.29. The number of aliphatic hydroxyl groups excluding tert-OH is 1. The number of carboxylic acid groups (broad SMARTS) is 1. The molecule has 0 saturated carbocycles. The van der Waals surface area contributed by atoms with Gasteiger partial charge in [0.2, 0.25) is 0 Å². The SMILES string of the molecule is COc1nc(N2CCC(O)C2)cc(-n2ncc3cc(C)c(C4CCN(C(=O)O)CC4F)cc32)n1. The summed E-state index contributed by atoms with van der Waals surface area (Å²) >= 11 is 0. The molecule has 2 fully saturated rings. The molecule has 2 aliphatic heterocycles. The van der Waals surface area contributed by atoms with Gasteiger partial charge in [0.25, 0.3) is 0 Å². The molecule has 34 heavy (non-hydrogen) atoms. The summed E-state index contributed by atoms with van der Waals surface area (Å²) < 4.78 is 22.0. The third kappa shape index (κ3) is 4.00. The number of aryl methyl sites for hydroxylation is 1. The Hall–Kier alpha value is -3.47. The lowest BCUT2D eigenvalue weighted by atomic mass is 9.85. The Kier molecular flexibility index (Phi) is 5.72. The molecular weight excluding hydrogens is 443 g/mol. The van der Waals surface area contributed by atoms with Crippen molar-refractivity contribution in [3.63, 3.8) is 0 Å². The first kappa shape index (κ1) is 22.3. The molecule has 180 valence electrons. The first-order valence-corrected chi connectivity index (χ1v) is 11.3. The average molecular weight is 471 g/mol. The number of methoxy groups -OCH3 is 1. The number of alkyl halides is 1. The molecule has 11 heteroatoms. The minimum Gasteiger partial charge on any atom is -0.467 e. The summed E-state index contributed by atoms with van der Waals surface area (Å²) in [5.41, 5.74) is 2.55. The lowest BCUT2D eigenvalue weighted by Crippen LogP contribution is -2.43. The van der Waals surface area contributed by atoms with Crippen LogP contribution in [0.2, 0.25) is 0 Å². The van der Waals surface area contributed by atoms with E-state index in [0.29, 0.717) is 44.1 Å². The van der Waals surface area contributed by atoms with Crippen molar-refractivity contribution in [1.29, 1.82) is 0 Å². The van der Waals surface area contributed by atoms with Crippen molar-refractivity contribution in [3.05, 3.63) is 35.5 Å². The van der Waals surface area contributed by atoms with Gasteiger partial charge < -0.3 is 24.7 Å². The van der Waals surface area contributed by atoms with Gasteiger partial charge in [-0.2, -0.15) is 15.1 Å². The summed E-state index contributed by atoms with van der Waals surface area (Å²) in [5, 5.41) is 24.6. The Labute approximate surface area is 195 Å². The third-order valence-corrected chi connectivity index (χ3v) is 6.73. The van der Waals surface area contributed by atoms with Crippen LogP contribution >= 0.6 is 0 Å². The molecule has 10 nitrogen and oxygen atoms in total. The standard InChI is InChI=1S/C23H27FN6O4/c1-13-7-14-10-25-30(19(14)8-17(13)16-4-6-29(23(32)33)12-18(16)24)21-9-20(26-22(27-21)34-2)28-5-3-15(31)11-28/h7-10,15-16,18,31H,3-6,11-12H2,1-2H3,(H,32,33). The maximum atomic E-state index is 15.0. The number of fused-ring (bicyclic) bond motifs is 1. The van der Waals surface area contributed by atoms with Crippen LogP contribution in [0, 0.1) is 6.92 Å². The normalized spacial score (nSPS) is 23.0. The lowest BCUT2D eigenvalue weighted by molar-refractivity contribution is 0.0962. The Morgan fingerprint density at radius 2 is 1.94 bits per heavy atom. The Morgan fingerprint density at radius 3 is 2.62 bits per heavy atom. The number of rotatable bonds is 4. The number of aromatic nitrogens is 4. The van der Waals surface area contributed by atoms with Crippen molar-refractivity contribution < 1.29 is 24.1 Å². The van der Waals surface area contributed by atoms with E-state index in [1.807, 2.05) is 24.0 Å². The second-order valence-corrected chi connectivity index (χ2v) is 8.92. The van der Waals surface area contributed by atoms with E-state index in [1.54, 1.807) is 16.9 Å². The molecule has 0 radical (unpaired) electrons. The Morgan fingerprint density at radius 1 is 1.15 bits per heavy atom. The number of nitrogens with zero attached hydrogens (tertiary/aromatic N) is 6. The monoisotopic (exact) mass is 470 g/mol. The Balaban J connectivity index is 1.54. The zero-order valence-electron chi connectivity index (χ0n) is 19.1. The average Bonchev–Trinajstić information content (AvgIpc) is 3.44. The molecule has 4 heterocycles. The first-order chi connectivity index (χ1) is 16.3. The molecule has 1 aromatic carbocycles. The van der Waals surface area contributed by atoms with E-state index >= 15 is 4.39 Å². The quantitative estimate of drug-likeness (QED) is 0.598. The smallest absolute Gasteiger partial charge is 0.407 e. The van der Waals surface area contributed by atoms with Crippen LogP contribution in [0.15, 0.2) is 24.4 Å². The number of piperidine rings is 1. The van der Waals surface area contributed by atoms with Crippen LogP contribution in [0.3, 0.4) is 0 Å². The van der Waals surface area contributed by atoms with Gasteiger partial charge >= 0.3 is 12.1 Å². The van der Waals surface area contributed by atoms with E-state index < -0.39 is 24.3 Å². The van der Waals surface area contributed by atoms with Gasteiger partial charge in [0.15, 0.2) is 5.82 Å². The highest BCUT2D eigenvalue weighted by Gasteiger charge is 2.33. The zero-order chi connectivity index (χ0) is 24.0. The van der Waals surface area contributed by atoms with E-state index in [9.17, 15) is 15.0 Å². The fourth-order valence-corrected chi connectivity index (χ4v) is 4.93. The van der Waals surface area contributed by atoms with Gasteiger partial charge in [-0.05, 0) is 43.0 Å². The van der Waals surface area contributed by atoms with E-state index in [-0.39, 0.29) is 12.6 Å². The van der Waals surface area contributed by atoms with Crippen LogP contribution in [-0.4, -0.2) is 86.5 Å². The molecule has 3 atom stereocenters. The maximum absolute atomic E-state index is 15.0. The Bertz CT molecular complexity index is 1230. The predicted octanol–water partition coefficient (Wildman–Crippen LogP) is 2.51. The molecule has 3 aromatic rings. The van der Waals surface area contributed by atoms with Crippen LogP contribution in [-0.2, 0) is 0 Å². The molecule has 0 spiro atoms.